The van der Waals surface area contributed by atoms with Gasteiger partial charge in [-0.3, -0.25) is 10.1 Å². The number of carbonyl (C=O) groups excluding carboxylic acids is 1. The molecule has 3 aromatic carbocycles. The molecule has 26 heavy (non-hydrogen) atoms. The molecule has 2 N–H and O–H groups in total. The Labute approximate surface area is 151 Å². The summed E-state index contributed by atoms with van der Waals surface area (Å²) in [5, 5.41) is 7.95. The van der Waals surface area contributed by atoms with Crippen molar-refractivity contribution in [2.24, 2.45) is 0 Å². The van der Waals surface area contributed by atoms with Gasteiger partial charge in [-0.1, -0.05) is 42.5 Å². The highest BCUT2D eigenvalue weighted by atomic mass is 19.1. The number of halogens is 2. The summed E-state index contributed by atoms with van der Waals surface area (Å²) in [5.74, 6) is -1.48. The van der Waals surface area contributed by atoms with Crippen molar-refractivity contribution in [3.63, 3.8) is 0 Å². The number of anilines is 1. The lowest BCUT2D eigenvalue weighted by molar-refractivity contribution is -0.117. The third kappa shape index (κ3) is 3.89. The lowest BCUT2D eigenvalue weighted by Crippen LogP contribution is -2.39. The van der Waals surface area contributed by atoms with Crippen LogP contribution in [0, 0.1) is 11.6 Å². The Morgan fingerprint density at radius 1 is 0.962 bits per heavy atom. The SMILES string of the molecule is C[C@@H](N[C@H](C)c1ccc(F)cc1F)C(=O)Nc1cccc2ccccc12. The van der Waals surface area contributed by atoms with E-state index in [9.17, 15) is 13.6 Å². The number of rotatable bonds is 5. The summed E-state index contributed by atoms with van der Waals surface area (Å²) in [4.78, 5) is 12.5. The van der Waals surface area contributed by atoms with Crippen molar-refractivity contribution in [1.82, 2.24) is 5.32 Å². The van der Waals surface area contributed by atoms with Crippen molar-refractivity contribution in [3.05, 3.63) is 77.9 Å². The molecule has 0 aliphatic carbocycles. The van der Waals surface area contributed by atoms with Gasteiger partial charge >= 0.3 is 0 Å². The Bertz CT molecular complexity index is 937. The van der Waals surface area contributed by atoms with E-state index in [2.05, 4.69) is 10.6 Å². The van der Waals surface area contributed by atoms with E-state index in [1.165, 1.54) is 12.1 Å². The molecule has 1 amide bonds. The number of nitrogens with one attached hydrogen (secondary N) is 2. The Morgan fingerprint density at radius 3 is 2.46 bits per heavy atom. The normalized spacial score (nSPS) is 13.4. The van der Waals surface area contributed by atoms with Gasteiger partial charge in [0.15, 0.2) is 0 Å². The first kappa shape index (κ1) is 18.0. The van der Waals surface area contributed by atoms with Crippen LogP contribution in [0.1, 0.15) is 25.5 Å². The first-order valence-electron chi connectivity index (χ1n) is 8.45. The molecule has 0 aliphatic heterocycles. The molecule has 0 unspecified atom stereocenters. The van der Waals surface area contributed by atoms with E-state index in [1.54, 1.807) is 13.8 Å². The maximum atomic E-state index is 13.9. The van der Waals surface area contributed by atoms with Crippen molar-refractivity contribution in [2.75, 3.05) is 5.32 Å². The van der Waals surface area contributed by atoms with Gasteiger partial charge in [0.05, 0.1) is 6.04 Å². The van der Waals surface area contributed by atoms with Gasteiger partial charge < -0.3 is 5.32 Å². The maximum absolute atomic E-state index is 13.9. The second kappa shape index (κ2) is 7.62. The van der Waals surface area contributed by atoms with E-state index in [-0.39, 0.29) is 5.91 Å². The largest absolute Gasteiger partial charge is 0.324 e. The van der Waals surface area contributed by atoms with Crippen molar-refractivity contribution < 1.29 is 13.6 Å². The average molecular weight is 354 g/mol. The lowest BCUT2D eigenvalue weighted by atomic mass is 10.1. The molecule has 0 aliphatic rings. The van der Waals surface area contributed by atoms with E-state index in [1.807, 2.05) is 42.5 Å². The third-order valence-corrected chi connectivity index (χ3v) is 4.37. The van der Waals surface area contributed by atoms with Crippen LogP contribution in [0.25, 0.3) is 10.8 Å². The first-order valence-corrected chi connectivity index (χ1v) is 8.45. The Morgan fingerprint density at radius 2 is 1.69 bits per heavy atom. The third-order valence-electron chi connectivity index (χ3n) is 4.37. The molecule has 0 saturated heterocycles. The summed E-state index contributed by atoms with van der Waals surface area (Å²) in [6, 6.07) is 15.9. The van der Waals surface area contributed by atoms with Crippen molar-refractivity contribution in [1.29, 1.82) is 0 Å². The molecule has 3 nitrogen and oxygen atoms in total. The molecule has 5 heteroatoms. The molecule has 0 aromatic heterocycles. The summed E-state index contributed by atoms with van der Waals surface area (Å²) < 4.78 is 26.9. The molecule has 3 rings (SSSR count). The zero-order chi connectivity index (χ0) is 18.7. The Balaban J connectivity index is 1.71. The van der Waals surface area contributed by atoms with Crippen molar-refractivity contribution >= 4 is 22.4 Å². The monoisotopic (exact) mass is 354 g/mol. The molecule has 3 aromatic rings. The average Bonchev–Trinajstić information content (AvgIpc) is 2.61. The van der Waals surface area contributed by atoms with Crippen LogP contribution >= 0.6 is 0 Å². The number of fused-ring (bicyclic) bond motifs is 1. The Kier molecular flexibility index (Phi) is 5.28. The predicted molar refractivity (Wildman–Crippen MR) is 99.9 cm³/mol. The minimum Gasteiger partial charge on any atom is -0.324 e. The highest BCUT2D eigenvalue weighted by Crippen LogP contribution is 2.23. The lowest BCUT2D eigenvalue weighted by Gasteiger charge is -2.21. The molecular formula is C21H20F2N2O. The molecule has 0 fully saturated rings. The topological polar surface area (TPSA) is 41.1 Å². The predicted octanol–water partition coefficient (Wildman–Crippen LogP) is 4.80. The standard InChI is InChI=1S/C21H20F2N2O/c1-13(17-11-10-16(22)12-19(17)23)24-14(2)21(26)25-20-9-5-7-15-6-3-4-8-18(15)20/h3-14,24H,1-2H3,(H,25,26)/t13-,14-/m1/s1. The fraction of sp³-hybridized carbons (Fsp3) is 0.190. The second-order valence-corrected chi connectivity index (χ2v) is 6.29. The van der Waals surface area contributed by atoms with Gasteiger partial charge in [0.25, 0.3) is 0 Å². The molecule has 0 bridgehead atoms. The summed E-state index contributed by atoms with van der Waals surface area (Å²) in [7, 11) is 0. The van der Waals surface area contributed by atoms with Crippen LogP contribution in [0.3, 0.4) is 0 Å². The summed E-state index contributed by atoms with van der Waals surface area (Å²) >= 11 is 0. The number of carbonyl (C=O) groups is 1. The van der Waals surface area contributed by atoms with Crippen LogP contribution in [-0.2, 0) is 4.79 Å². The molecule has 2 atom stereocenters. The zero-order valence-electron chi connectivity index (χ0n) is 14.6. The summed E-state index contributed by atoms with van der Waals surface area (Å²) in [5.41, 5.74) is 1.04. The van der Waals surface area contributed by atoms with Crippen LogP contribution < -0.4 is 10.6 Å². The van der Waals surface area contributed by atoms with Gasteiger partial charge in [-0.25, -0.2) is 8.78 Å². The van der Waals surface area contributed by atoms with Crippen LogP contribution in [-0.4, -0.2) is 11.9 Å². The maximum Gasteiger partial charge on any atom is 0.241 e. The van der Waals surface area contributed by atoms with Crippen molar-refractivity contribution in [3.8, 4) is 0 Å². The van der Waals surface area contributed by atoms with E-state index in [4.69, 9.17) is 0 Å². The minimum absolute atomic E-state index is 0.226. The molecule has 134 valence electrons. The van der Waals surface area contributed by atoms with Gasteiger partial charge in [-0.2, -0.15) is 0 Å². The van der Waals surface area contributed by atoms with Gasteiger partial charge in [-0.15, -0.1) is 0 Å². The van der Waals surface area contributed by atoms with Crippen molar-refractivity contribution in [2.45, 2.75) is 25.9 Å². The van der Waals surface area contributed by atoms with E-state index < -0.39 is 23.7 Å². The minimum atomic E-state index is -0.633. The molecule has 0 radical (unpaired) electrons. The number of amides is 1. The van der Waals surface area contributed by atoms with Gasteiger partial charge in [-0.05, 0) is 31.4 Å². The van der Waals surface area contributed by atoms with Crippen LogP contribution in [0.4, 0.5) is 14.5 Å². The molecule has 0 heterocycles. The van der Waals surface area contributed by atoms with Crippen LogP contribution in [0.15, 0.2) is 60.7 Å². The highest BCUT2D eigenvalue weighted by molar-refractivity contribution is 6.03. The fourth-order valence-corrected chi connectivity index (χ4v) is 2.97. The molecule has 0 spiro atoms. The number of hydrogen-bond donors (Lipinski definition) is 2. The summed E-state index contributed by atoms with van der Waals surface area (Å²) in [6.07, 6.45) is 0. The highest BCUT2D eigenvalue weighted by Gasteiger charge is 2.19. The van der Waals surface area contributed by atoms with Gasteiger partial charge in [0.2, 0.25) is 5.91 Å². The number of benzene rings is 3. The van der Waals surface area contributed by atoms with Gasteiger partial charge in [0, 0.05) is 28.7 Å². The molecular weight excluding hydrogens is 334 g/mol. The van der Waals surface area contributed by atoms with E-state index >= 15 is 0 Å². The van der Waals surface area contributed by atoms with E-state index in [0.717, 1.165) is 22.5 Å². The summed E-state index contributed by atoms with van der Waals surface area (Å²) in [6.45, 7) is 3.44. The zero-order valence-corrected chi connectivity index (χ0v) is 14.6. The first-order chi connectivity index (χ1) is 12.5. The quantitative estimate of drug-likeness (QED) is 0.691. The Hall–Kier alpha value is -2.79. The molecule has 0 saturated carbocycles. The number of hydrogen-bond acceptors (Lipinski definition) is 2. The van der Waals surface area contributed by atoms with Crippen LogP contribution in [0.5, 0.6) is 0 Å². The second-order valence-electron chi connectivity index (χ2n) is 6.29. The smallest absolute Gasteiger partial charge is 0.241 e. The fourth-order valence-electron chi connectivity index (χ4n) is 2.97. The van der Waals surface area contributed by atoms with Gasteiger partial charge in [0.1, 0.15) is 11.6 Å². The van der Waals surface area contributed by atoms with E-state index in [0.29, 0.717) is 5.56 Å². The van der Waals surface area contributed by atoms with Crippen LogP contribution in [0.2, 0.25) is 0 Å².